The third-order valence-corrected chi connectivity index (χ3v) is 0. The summed E-state index contributed by atoms with van der Waals surface area (Å²) in [7, 11) is 0. The van der Waals surface area contributed by atoms with Crippen LogP contribution in [0.5, 0.6) is 0 Å². The minimum Gasteiger partial charge on any atom is -0.550 e. The molecule has 0 saturated carbocycles. The molecule has 0 saturated heterocycles. The highest BCUT2D eigenvalue weighted by Gasteiger charge is 1.47. The van der Waals surface area contributed by atoms with Crippen LogP contribution in [-0.4, -0.2) is 21.2 Å². The Bertz CT molecular complexity index is 159. The van der Waals surface area contributed by atoms with Crippen molar-refractivity contribution in [2.24, 2.45) is 0 Å². The summed E-state index contributed by atoms with van der Waals surface area (Å²) in [6.45, 7) is 0.972. The predicted molar refractivity (Wildman–Crippen MR) is 41.8 cm³/mol. The van der Waals surface area contributed by atoms with Gasteiger partial charge in [0, 0.05) is 5.97 Å². The molecule has 0 aromatic rings. The van der Waals surface area contributed by atoms with Crippen LogP contribution < -0.4 is 5.11 Å². The van der Waals surface area contributed by atoms with Gasteiger partial charge in [-0.2, -0.15) is 0 Å². The molecule has 0 unspecified atom stereocenters. The molecule has 0 heterocycles. The molecule has 0 aliphatic carbocycles. The topological polar surface area (TPSA) is 239 Å². The van der Waals surface area contributed by atoms with Gasteiger partial charge in [-0.15, -0.1) is 0 Å². The first-order valence-electron chi connectivity index (χ1n) is 2.55. The molecule has 0 aromatic heterocycles. The number of hydrogen-bond acceptors (Lipinski definition) is 11. The van der Waals surface area contributed by atoms with Gasteiger partial charge in [-0.25, -0.2) is 0 Å². The summed E-state index contributed by atoms with van der Waals surface area (Å²) in [4.78, 5) is 33.6. The number of carbonyl (C=O) groups is 1. The van der Waals surface area contributed by atoms with Crippen LogP contribution in [0.2, 0.25) is 0 Å². The molecular formula is C2H3N3O11-4. The first-order chi connectivity index (χ1) is 6.93. The molecule has 0 fully saturated rings. The van der Waals surface area contributed by atoms with Gasteiger partial charge in [0.15, 0.2) is 0 Å². The number of hydrogen-bond donors (Lipinski definition) is 0. The molecule has 0 N–H and O–H groups in total. The Morgan fingerprint density at radius 1 is 0.750 bits per heavy atom. The normalized spacial score (nSPS) is 6.06. The van der Waals surface area contributed by atoms with Gasteiger partial charge in [-0.1, -0.05) is 0 Å². The van der Waals surface area contributed by atoms with Crippen molar-refractivity contribution in [1.82, 2.24) is 0 Å². The van der Waals surface area contributed by atoms with Crippen molar-refractivity contribution in [3.63, 3.8) is 0 Å². The number of aliphatic carboxylic acids is 1. The van der Waals surface area contributed by atoms with Crippen molar-refractivity contribution in [3.05, 3.63) is 46.0 Å². The van der Waals surface area contributed by atoms with Crippen LogP contribution >= 0.6 is 0 Å². The summed E-state index contributed by atoms with van der Waals surface area (Å²) in [5, 5.41) is 53.1. The lowest BCUT2D eigenvalue weighted by atomic mass is 10.9. The van der Waals surface area contributed by atoms with Crippen molar-refractivity contribution in [2.75, 3.05) is 0 Å². The molecule has 0 rings (SSSR count). The number of carboxylic acid groups (broad SMARTS) is 1. The van der Waals surface area contributed by atoms with Gasteiger partial charge in [0.25, 0.3) is 0 Å². The van der Waals surface area contributed by atoms with Crippen LogP contribution in [0.4, 0.5) is 0 Å². The second-order valence-electron chi connectivity index (χ2n) is 1.16. The van der Waals surface area contributed by atoms with E-state index in [0.717, 1.165) is 6.92 Å². The number of carboxylic acids is 1. The maximum atomic E-state index is 8.89. The molecule has 0 atom stereocenters. The first-order valence-corrected chi connectivity index (χ1v) is 2.55. The highest BCUT2D eigenvalue weighted by atomic mass is 16.9. The van der Waals surface area contributed by atoms with E-state index in [4.69, 9.17) is 55.9 Å². The molecule has 14 heteroatoms. The van der Waals surface area contributed by atoms with Gasteiger partial charge in [0.05, 0.1) is 15.3 Å². The van der Waals surface area contributed by atoms with Crippen LogP contribution in [0, 0.1) is 46.0 Å². The van der Waals surface area contributed by atoms with Crippen LogP contribution in [-0.2, 0) is 4.79 Å². The Balaban J connectivity index is -0.0000000600. The predicted octanol–water partition coefficient (Wildman–Crippen LogP) is -1.96. The molecule has 16 heavy (non-hydrogen) atoms. The lowest BCUT2D eigenvalue weighted by molar-refractivity contribution is -0.403. The highest BCUT2D eigenvalue weighted by molar-refractivity contribution is 5.60. The third kappa shape index (κ3) is 131. The zero-order valence-electron chi connectivity index (χ0n) is 7.33. The maximum Gasteiger partial charge on any atom is 0.0689 e. The summed E-state index contributed by atoms with van der Waals surface area (Å²) < 4.78 is 0. The molecule has 14 nitrogen and oxygen atoms in total. The standard InChI is InChI=1S/C2H4O2.3NO3/c1-2(3)4;3*2-1(3)4/h1H3,(H,3,4);;;/q;3*-1/p-1. The zero-order chi connectivity index (χ0) is 14.3. The molecule has 96 valence electrons. The van der Waals surface area contributed by atoms with Gasteiger partial charge < -0.3 is 55.9 Å². The van der Waals surface area contributed by atoms with E-state index in [2.05, 4.69) is 0 Å². The molecule has 0 amide bonds. The van der Waals surface area contributed by atoms with Crippen LogP contribution in [0.3, 0.4) is 0 Å². The van der Waals surface area contributed by atoms with E-state index >= 15 is 0 Å². The molecule has 0 aliphatic heterocycles. The monoisotopic (exact) mass is 245 g/mol. The number of carbonyl (C=O) groups excluding carboxylic acids is 1. The van der Waals surface area contributed by atoms with Crippen molar-refractivity contribution in [2.45, 2.75) is 6.92 Å². The fourth-order valence-electron chi connectivity index (χ4n) is 0. The van der Waals surface area contributed by atoms with E-state index in [1.165, 1.54) is 0 Å². The summed E-state index contributed by atoms with van der Waals surface area (Å²) in [6.07, 6.45) is 0. The fraction of sp³-hybridized carbons (Fsp3) is 0.500. The Morgan fingerprint density at radius 2 is 0.750 bits per heavy atom. The Morgan fingerprint density at radius 3 is 0.750 bits per heavy atom. The maximum absolute atomic E-state index is 8.89. The molecule has 0 radical (unpaired) electrons. The Hall–Kier alpha value is -2.93. The summed E-state index contributed by atoms with van der Waals surface area (Å²) >= 11 is 0. The fourth-order valence-corrected chi connectivity index (χ4v) is 0. The average molecular weight is 245 g/mol. The number of nitrogens with zero attached hydrogens (tertiary/aromatic N) is 3. The lowest BCUT2D eigenvalue weighted by Crippen LogP contribution is -2.16. The quantitative estimate of drug-likeness (QED) is 0.334. The van der Waals surface area contributed by atoms with Gasteiger partial charge in [-0.3, -0.25) is 0 Å². The third-order valence-electron chi connectivity index (χ3n) is 0. The zero-order valence-corrected chi connectivity index (χ0v) is 7.33. The largest absolute Gasteiger partial charge is 0.550 e. The van der Waals surface area contributed by atoms with Crippen molar-refractivity contribution < 1.29 is 25.2 Å². The second kappa shape index (κ2) is 18.0. The van der Waals surface area contributed by atoms with Gasteiger partial charge >= 0.3 is 0 Å². The lowest BCUT2D eigenvalue weighted by Gasteiger charge is -1.77. The average Bonchev–Trinajstić information content (AvgIpc) is 1.76. The van der Waals surface area contributed by atoms with Crippen LogP contribution in [0.25, 0.3) is 0 Å². The Labute approximate surface area is 85.3 Å². The number of rotatable bonds is 0. The molecule has 0 aromatic carbocycles. The van der Waals surface area contributed by atoms with E-state index in [1.54, 1.807) is 0 Å². The van der Waals surface area contributed by atoms with Crippen molar-refractivity contribution in [3.8, 4) is 0 Å². The van der Waals surface area contributed by atoms with Crippen LogP contribution in [0.1, 0.15) is 6.92 Å². The molecular weight excluding hydrogens is 242 g/mol. The molecule has 0 spiro atoms. The SMILES string of the molecule is CC(=O)[O-].O=[N+]([O-])[O-].O=[N+]([O-])[O-].O=[N+]([O-])[O-]. The van der Waals surface area contributed by atoms with E-state index in [1.807, 2.05) is 0 Å². The first kappa shape index (κ1) is 23.1. The second-order valence-corrected chi connectivity index (χ2v) is 1.16. The minimum absolute atomic E-state index is 0.972. The molecule has 0 aliphatic rings. The highest BCUT2D eigenvalue weighted by Crippen LogP contribution is 1.45. The van der Waals surface area contributed by atoms with E-state index in [-0.39, 0.29) is 0 Å². The van der Waals surface area contributed by atoms with Gasteiger partial charge in [-0.05, 0) is 6.92 Å². The summed E-state index contributed by atoms with van der Waals surface area (Å²) in [6, 6.07) is 0. The molecule has 0 bridgehead atoms. The van der Waals surface area contributed by atoms with E-state index < -0.39 is 21.2 Å². The van der Waals surface area contributed by atoms with Crippen molar-refractivity contribution >= 4 is 5.97 Å². The Kier molecular flexibility index (Phi) is 26.0. The summed E-state index contributed by atoms with van der Waals surface area (Å²) in [5.41, 5.74) is 0. The van der Waals surface area contributed by atoms with Gasteiger partial charge in [0.1, 0.15) is 0 Å². The summed E-state index contributed by atoms with van der Waals surface area (Å²) in [5.74, 6) is -1.08. The van der Waals surface area contributed by atoms with E-state index in [0.29, 0.717) is 0 Å². The van der Waals surface area contributed by atoms with E-state index in [9.17, 15) is 0 Å². The smallest absolute Gasteiger partial charge is 0.0689 e. The van der Waals surface area contributed by atoms with Crippen LogP contribution in [0.15, 0.2) is 0 Å². The van der Waals surface area contributed by atoms with Crippen molar-refractivity contribution in [1.29, 1.82) is 0 Å². The van der Waals surface area contributed by atoms with Gasteiger partial charge in [0.2, 0.25) is 0 Å². The minimum atomic E-state index is -1.75.